The third-order valence-corrected chi connectivity index (χ3v) is 12.7. The maximum absolute atomic E-state index is 14.2. The molecule has 0 saturated carbocycles. The van der Waals surface area contributed by atoms with E-state index in [9.17, 15) is 23.4 Å². The van der Waals surface area contributed by atoms with Gasteiger partial charge in [-0.05, 0) is 98.4 Å². The van der Waals surface area contributed by atoms with Crippen molar-refractivity contribution in [3.8, 4) is 11.3 Å². The Labute approximate surface area is 359 Å². The van der Waals surface area contributed by atoms with Gasteiger partial charge in [-0.3, -0.25) is 14.3 Å². The van der Waals surface area contributed by atoms with Crippen molar-refractivity contribution in [1.29, 1.82) is 0 Å². The maximum atomic E-state index is 14.2. The topological polar surface area (TPSA) is 181 Å². The molecule has 1 amide bonds. The molecule has 2 aromatic rings. The van der Waals surface area contributed by atoms with Gasteiger partial charge in [-0.15, -0.1) is 5.10 Å². The first-order chi connectivity index (χ1) is 28.3. The quantitative estimate of drug-likeness (QED) is 0.111. The van der Waals surface area contributed by atoms with Crippen LogP contribution in [-0.2, 0) is 39.8 Å². The number of nitrogens with two attached hydrogens (primary N) is 1. The molecule has 3 N–H and O–H groups in total. The summed E-state index contributed by atoms with van der Waals surface area (Å²) in [7, 11) is 5.40. The largest absolute Gasteiger partial charge is 0.458 e. The van der Waals surface area contributed by atoms with E-state index in [0.29, 0.717) is 57.3 Å². The summed E-state index contributed by atoms with van der Waals surface area (Å²) in [6, 6.07) is 6.86. The molecule has 0 bridgehead atoms. The van der Waals surface area contributed by atoms with Crippen LogP contribution in [0.1, 0.15) is 93.4 Å². The van der Waals surface area contributed by atoms with Crippen molar-refractivity contribution >= 4 is 35.7 Å². The number of nitrogens with zero attached hydrogens (tertiary/aromatic N) is 5. The van der Waals surface area contributed by atoms with Crippen LogP contribution in [0.5, 0.6) is 0 Å². The van der Waals surface area contributed by atoms with Gasteiger partial charge >= 0.3 is 12.1 Å². The maximum Gasteiger partial charge on any atom is 0.410 e. The van der Waals surface area contributed by atoms with Crippen LogP contribution >= 0.6 is 12.1 Å². The number of likely N-dealkylation sites (N-methyl/N-ethyl adjacent to an activating group) is 1. The molecule has 0 radical (unpaired) electrons. The van der Waals surface area contributed by atoms with Gasteiger partial charge in [-0.1, -0.05) is 44.5 Å². The number of methoxy groups -OCH3 is 1. The lowest BCUT2D eigenvalue weighted by molar-refractivity contribution is -0.294. The number of esters is 1. The minimum Gasteiger partial charge on any atom is -0.458 e. The molecule has 338 valence electrons. The Bertz CT molecular complexity index is 1720. The lowest BCUT2D eigenvalue weighted by atomic mass is 9.76. The van der Waals surface area contributed by atoms with Gasteiger partial charge < -0.3 is 44.3 Å². The van der Waals surface area contributed by atoms with Crippen LogP contribution in [0.15, 0.2) is 30.5 Å². The normalized spacial score (nSPS) is 34.3. The van der Waals surface area contributed by atoms with Crippen LogP contribution in [0.2, 0.25) is 0 Å². The Morgan fingerprint density at radius 1 is 1.12 bits per heavy atom. The molecule has 3 saturated heterocycles. The highest BCUT2D eigenvalue weighted by Crippen LogP contribution is 2.43. The number of nitrogen functional groups attached to an aromatic ring is 1. The van der Waals surface area contributed by atoms with Crippen molar-refractivity contribution in [2.24, 2.45) is 17.8 Å². The highest BCUT2D eigenvalue weighted by Gasteiger charge is 2.58. The number of aryl methyl sites for hydroxylation is 1. The van der Waals surface area contributed by atoms with E-state index in [-0.39, 0.29) is 36.0 Å². The Morgan fingerprint density at radius 2 is 1.80 bits per heavy atom. The van der Waals surface area contributed by atoms with Crippen LogP contribution < -0.4 is 5.73 Å². The lowest BCUT2D eigenvalue weighted by Crippen LogP contribution is -2.59. The fraction of sp³-hybridized carbons (Fsp3) is 0.744. The number of ether oxygens (including phenoxy) is 5. The van der Waals surface area contributed by atoms with Crippen LogP contribution in [0, 0.1) is 17.8 Å². The van der Waals surface area contributed by atoms with Crippen LogP contribution in [-0.4, -0.2) is 136 Å². The molecule has 0 aliphatic carbocycles. The first kappa shape index (κ1) is 49.3. The van der Waals surface area contributed by atoms with Crippen molar-refractivity contribution in [3.63, 3.8) is 0 Å². The number of hydrogen-bond acceptors (Lipinski definition) is 14. The zero-order valence-electron chi connectivity index (χ0n) is 37.3. The summed E-state index contributed by atoms with van der Waals surface area (Å²) in [6.07, 6.45) is 3.16. The van der Waals surface area contributed by atoms with Gasteiger partial charge in [0.15, 0.2) is 17.7 Å². The molecule has 1 aromatic carbocycles. The van der Waals surface area contributed by atoms with E-state index in [4.69, 9.17) is 29.4 Å². The molecule has 60 heavy (non-hydrogen) atoms. The predicted molar refractivity (Wildman–Crippen MR) is 228 cm³/mol. The fourth-order valence-electron chi connectivity index (χ4n) is 9.27. The Morgan fingerprint density at radius 3 is 2.43 bits per heavy atom. The molecular formula is C43H69FN6O9S. The van der Waals surface area contributed by atoms with Gasteiger partial charge in [0, 0.05) is 61.8 Å². The first-order valence-electron chi connectivity index (χ1n) is 21.2. The number of aliphatic hydroxyl groups excluding tert-OH is 1. The number of Topliss-reactive ketones (excluding diaryl/α,β-unsaturated/α-hetero) is 1. The number of carbonyl (C=O) groups is 3. The van der Waals surface area contributed by atoms with Gasteiger partial charge in [0.25, 0.3) is 0 Å². The Hall–Kier alpha value is -3.35. The van der Waals surface area contributed by atoms with E-state index in [1.54, 1.807) is 30.5 Å². The molecular weight excluding hydrogens is 796 g/mol. The minimum atomic E-state index is -1.16. The number of halogens is 1. The number of anilines is 1. The number of ketones is 1. The number of aromatic nitrogens is 3. The molecule has 3 fully saturated rings. The summed E-state index contributed by atoms with van der Waals surface area (Å²) in [4.78, 5) is 45.7. The third-order valence-electron chi connectivity index (χ3n) is 12.7. The van der Waals surface area contributed by atoms with Crippen molar-refractivity contribution in [2.45, 2.75) is 154 Å². The number of cyclic esters (lactones) is 1. The van der Waals surface area contributed by atoms with Crippen LogP contribution in [0.25, 0.3) is 11.3 Å². The molecule has 0 spiro atoms. The fourth-order valence-corrected chi connectivity index (χ4v) is 9.27. The number of aliphatic hydroxyl groups is 1. The lowest BCUT2D eigenvalue weighted by Gasteiger charge is -2.46. The number of unbranched alkanes of at least 4 members (excludes halogenated alkanes) is 1. The van der Waals surface area contributed by atoms with Crippen molar-refractivity contribution < 1.29 is 47.1 Å². The molecule has 15 nitrogen and oxygen atoms in total. The second-order valence-corrected chi connectivity index (χ2v) is 17.6. The molecule has 3 aliphatic rings. The number of rotatable bonds is 11. The van der Waals surface area contributed by atoms with Gasteiger partial charge in [0.2, 0.25) is 0 Å². The van der Waals surface area contributed by atoms with Gasteiger partial charge in [0.1, 0.15) is 23.8 Å². The van der Waals surface area contributed by atoms with E-state index in [2.05, 4.69) is 17.2 Å². The zero-order chi connectivity index (χ0) is 44.5. The molecule has 3 aliphatic heterocycles. The number of hydrogen-bond donors (Lipinski definition) is 2. The summed E-state index contributed by atoms with van der Waals surface area (Å²) < 4.78 is 43.4. The summed E-state index contributed by atoms with van der Waals surface area (Å²) in [5.41, 5.74) is 6.06. The van der Waals surface area contributed by atoms with Gasteiger partial charge in [0.05, 0.1) is 30.0 Å². The predicted octanol–water partition coefficient (Wildman–Crippen LogP) is 6.32. The van der Waals surface area contributed by atoms with Crippen LogP contribution in [0.3, 0.4) is 0 Å². The van der Waals surface area contributed by atoms with Crippen molar-refractivity contribution in [2.75, 3.05) is 39.7 Å². The molecule has 17 heteroatoms. The molecule has 5 rings (SSSR count). The average molecular weight is 865 g/mol. The van der Waals surface area contributed by atoms with E-state index in [1.807, 2.05) is 77.2 Å². The molecule has 12 atom stereocenters. The van der Waals surface area contributed by atoms with E-state index < -0.39 is 65.7 Å². The van der Waals surface area contributed by atoms with Gasteiger partial charge in [-0.25, -0.2) is 4.79 Å². The van der Waals surface area contributed by atoms with E-state index >= 15 is 0 Å². The summed E-state index contributed by atoms with van der Waals surface area (Å²) in [5, 5.41) is 20.0. The smallest absolute Gasteiger partial charge is 0.410 e. The summed E-state index contributed by atoms with van der Waals surface area (Å²) in [5.74, 6) is -3.13. The standard InChI is InChI=1S/C42H66N6O9.CH3FS/c1-11-33-42(7)36(48(40(52)57-42)21-13-12-20-47-24-31(44-45-47)29-17-14-18-30(43)23-29)25(2)16-15-19-41(6,53-10)37(27(4)34(49)28(5)38(51)55-33)56-39-35(50)32(46(8)9)22-26(3)54-39;1-3-2/h14,17-18,23-28,32-33,35-37,39,50H,11-13,15-16,19-22,43H2,1-10H3;1H3/t25-,26+,27-,28+,32?,33+,35?,36+,37+,39-,41+,42+;/m0./s1. The second-order valence-electron chi connectivity index (χ2n) is 17.3. The number of benzene rings is 1. The number of fused-ring (bicyclic) bond motifs is 1. The minimum absolute atomic E-state index is 0.0736. The first-order valence-corrected chi connectivity index (χ1v) is 22.3. The molecule has 1 aromatic heterocycles. The van der Waals surface area contributed by atoms with Gasteiger partial charge in [-0.2, -0.15) is 3.89 Å². The van der Waals surface area contributed by atoms with E-state index in [0.717, 1.165) is 17.7 Å². The number of amides is 1. The second kappa shape index (κ2) is 21.6. The SMILES string of the molecule is CC[C@H]1OC(=O)[C@H](C)C(=O)[C@H](C)[C@@H](O[C@@H]2O[C@H](C)CC(N(C)C)C2O)[C@](C)(OC)CCC[C@H](C)[C@H]2N(CCCCn3cc(-c4cccc(N)c4)nn3)C(=O)O[C@]12C.CSF. The highest BCUT2D eigenvalue weighted by atomic mass is 32.2. The molecule has 2 unspecified atom stereocenters. The Kier molecular flexibility index (Phi) is 17.8. The molecule has 4 heterocycles. The highest BCUT2D eigenvalue weighted by molar-refractivity contribution is 7.93. The van der Waals surface area contributed by atoms with Crippen LogP contribution in [0.4, 0.5) is 14.4 Å². The van der Waals surface area contributed by atoms with Crippen molar-refractivity contribution in [3.05, 3.63) is 30.5 Å². The number of carbonyl (C=O) groups excluding carboxylic acids is 3. The van der Waals surface area contributed by atoms with E-state index in [1.165, 1.54) is 6.26 Å². The average Bonchev–Trinajstić information content (AvgIpc) is 3.78. The third kappa shape index (κ3) is 11.4. The Balaban J connectivity index is 0.00000257. The van der Waals surface area contributed by atoms with Crippen molar-refractivity contribution in [1.82, 2.24) is 24.8 Å². The summed E-state index contributed by atoms with van der Waals surface area (Å²) in [6.45, 7) is 14.0. The monoisotopic (exact) mass is 864 g/mol. The zero-order valence-corrected chi connectivity index (χ0v) is 38.2. The summed E-state index contributed by atoms with van der Waals surface area (Å²) >= 11 is 0.250.